The number of aromatic nitrogens is 4. The van der Waals surface area contributed by atoms with E-state index in [-0.39, 0.29) is 24.2 Å². The summed E-state index contributed by atoms with van der Waals surface area (Å²) in [7, 11) is -3.98. The second kappa shape index (κ2) is 12.9. The van der Waals surface area contributed by atoms with Gasteiger partial charge in [-0.3, -0.25) is 9.36 Å². The predicted octanol–water partition coefficient (Wildman–Crippen LogP) is 2.77. The molecule has 0 saturated carbocycles. The van der Waals surface area contributed by atoms with Gasteiger partial charge in [-0.15, -0.1) is 0 Å². The molecule has 3 rings (SSSR count). The molecule has 37 heavy (non-hydrogen) atoms. The molecule has 12 nitrogen and oxygen atoms in total. The van der Waals surface area contributed by atoms with Crippen molar-refractivity contribution in [3.8, 4) is 5.75 Å². The zero-order valence-electron chi connectivity index (χ0n) is 20.6. The Bertz CT molecular complexity index is 1210. The first-order chi connectivity index (χ1) is 17.6. The van der Waals surface area contributed by atoms with Crippen LogP contribution in [0.15, 0.2) is 43.0 Å². The number of benzene rings is 1. The van der Waals surface area contributed by atoms with Crippen molar-refractivity contribution in [3.63, 3.8) is 0 Å². The molecule has 0 aliphatic heterocycles. The van der Waals surface area contributed by atoms with Gasteiger partial charge in [0.2, 0.25) is 5.91 Å². The number of amides is 1. The zero-order valence-corrected chi connectivity index (χ0v) is 21.5. The predicted molar refractivity (Wildman–Crippen MR) is 132 cm³/mol. The fourth-order valence-corrected chi connectivity index (χ4v) is 5.05. The molecule has 4 N–H and O–H groups in total. The maximum atomic E-state index is 13.9. The van der Waals surface area contributed by atoms with E-state index in [0.717, 1.165) is 0 Å². The molecule has 202 valence electrons. The number of nitrogens with zero attached hydrogens (tertiary/aromatic N) is 4. The number of hydrogen-bond donors (Lipinski definition) is 3. The number of anilines is 1. The standard InChI is InChI=1S/C22H30F2N7O5P/c1-14(2)29-21(32)17(10-34-22(23)24)30-37(33,36-16-7-5-4-6-8-16)13-35-15(3)9-31-12-28-18-19(25)26-11-27-20(18)31/h4-8,11-12,14-15,17,22H,9-10,13H2,1-3H3,(H,29,32)(H,30,33)(H2,25,26,27)/t15-,17+,37+/m1/s1. The van der Waals surface area contributed by atoms with E-state index in [2.05, 4.69) is 30.1 Å². The average molecular weight is 541 g/mol. The highest BCUT2D eigenvalue weighted by atomic mass is 31.2. The lowest BCUT2D eigenvalue weighted by molar-refractivity contribution is -0.143. The van der Waals surface area contributed by atoms with Gasteiger partial charge in [0.15, 0.2) is 11.5 Å². The molecule has 0 fully saturated rings. The van der Waals surface area contributed by atoms with E-state index in [0.29, 0.717) is 11.2 Å². The van der Waals surface area contributed by atoms with E-state index >= 15 is 0 Å². The van der Waals surface area contributed by atoms with Crippen molar-refractivity contribution in [3.05, 3.63) is 43.0 Å². The molecule has 3 aromatic rings. The van der Waals surface area contributed by atoms with Gasteiger partial charge in [-0.05, 0) is 32.9 Å². The third-order valence-electron chi connectivity index (χ3n) is 4.90. The third-order valence-corrected chi connectivity index (χ3v) is 6.60. The molecule has 1 aromatic carbocycles. The quantitative estimate of drug-likeness (QED) is 0.259. The minimum absolute atomic E-state index is 0.235. The van der Waals surface area contributed by atoms with E-state index < -0.39 is 45.1 Å². The van der Waals surface area contributed by atoms with Gasteiger partial charge in [0.25, 0.3) is 0 Å². The topological polar surface area (TPSA) is 156 Å². The number of ether oxygens (including phenoxy) is 2. The highest BCUT2D eigenvalue weighted by Crippen LogP contribution is 2.44. The van der Waals surface area contributed by atoms with Crippen LogP contribution in [-0.4, -0.2) is 63.2 Å². The van der Waals surface area contributed by atoms with Gasteiger partial charge in [-0.2, -0.15) is 8.78 Å². The molecule has 15 heteroatoms. The molecule has 1 amide bonds. The zero-order chi connectivity index (χ0) is 27.0. The van der Waals surface area contributed by atoms with Crippen molar-refractivity contribution in [2.45, 2.75) is 52.1 Å². The lowest BCUT2D eigenvalue weighted by Gasteiger charge is -2.27. The summed E-state index contributed by atoms with van der Waals surface area (Å²) in [5, 5.41) is 5.17. The number of halogens is 2. The number of hydrogen-bond acceptors (Lipinski definition) is 9. The van der Waals surface area contributed by atoms with Crippen LogP contribution in [0.25, 0.3) is 11.2 Å². The Kier molecular flexibility index (Phi) is 9.86. The van der Waals surface area contributed by atoms with Crippen LogP contribution in [0.3, 0.4) is 0 Å². The summed E-state index contributed by atoms with van der Waals surface area (Å²) in [5.41, 5.74) is 6.76. The van der Waals surface area contributed by atoms with Crippen LogP contribution in [0, 0.1) is 0 Å². The number of para-hydroxylation sites is 1. The van der Waals surface area contributed by atoms with Crippen LogP contribution in [0.5, 0.6) is 5.75 Å². The Morgan fingerprint density at radius 1 is 1.14 bits per heavy atom. The Labute approximate surface area is 212 Å². The van der Waals surface area contributed by atoms with E-state index in [9.17, 15) is 18.1 Å². The fourth-order valence-electron chi connectivity index (χ4n) is 3.29. The van der Waals surface area contributed by atoms with Crippen LogP contribution in [-0.2, 0) is 25.4 Å². The highest BCUT2D eigenvalue weighted by molar-refractivity contribution is 7.57. The lowest BCUT2D eigenvalue weighted by atomic mass is 10.3. The highest BCUT2D eigenvalue weighted by Gasteiger charge is 2.34. The molecule has 2 heterocycles. The largest absolute Gasteiger partial charge is 0.431 e. The molecule has 3 atom stereocenters. The van der Waals surface area contributed by atoms with Crippen molar-refractivity contribution in [2.75, 3.05) is 18.7 Å². The van der Waals surface area contributed by atoms with Crippen LogP contribution in [0.4, 0.5) is 14.6 Å². The van der Waals surface area contributed by atoms with E-state index in [1.807, 2.05) is 0 Å². The maximum Gasteiger partial charge on any atom is 0.345 e. The fraction of sp³-hybridized carbons (Fsp3) is 0.455. The molecular weight excluding hydrogens is 511 g/mol. The summed E-state index contributed by atoms with van der Waals surface area (Å²) < 4.78 is 56.9. The second-order valence-electron chi connectivity index (χ2n) is 8.45. The molecule has 0 bridgehead atoms. The molecule has 0 spiro atoms. The van der Waals surface area contributed by atoms with Gasteiger partial charge in [-0.1, -0.05) is 18.2 Å². The van der Waals surface area contributed by atoms with Gasteiger partial charge >= 0.3 is 14.1 Å². The van der Waals surface area contributed by atoms with E-state index in [1.54, 1.807) is 55.7 Å². The summed E-state index contributed by atoms with van der Waals surface area (Å²) in [5.74, 6) is -0.207. The molecule has 0 aliphatic rings. The molecule has 0 saturated heterocycles. The number of nitrogen functional groups attached to an aromatic ring is 1. The summed E-state index contributed by atoms with van der Waals surface area (Å²) in [6.07, 6.45) is 1.84. The van der Waals surface area contributed by atoms with Crippen molar-refractivity contribution in [1.29, 1.82) is 0 Å². The molecule has 0 aliphatic carbocycles. The Morgan fingerprint density at radius 2 is 1.86 bits per heavy atom. The number of nitrogens with one attached hydrogen (secondary N) is 2. The first-order valence-corrected chi connectivity index (χ1v) is 13.2. The Balaban J connectivity index is 1.76. The number of carbonyl (C=O) groups is 1. The van der Waals surface area contributed by atoms with E-state index in [4.69, 9.17) is 15.0 Å². The number of rotatable bonds is 14. The summed E-state index contributed by atoms with van der Waals surface area (Å²) >= 11 is 0. The minimum atomic E-state index is -3.98. The first kappa shape index (κ1) is 28.4. The number of imidazole rings is 1. The van der Waals surface area contributed by atoms with Gasteiger partial charge in [0.1, 0.15) is 30.0 Å². The smallest absolute Gasteiger partial charge is 0.345 e. The van der Waals surface area contributed by atoms with Crippen molar-refractivity contribution in [1.82, 2.24) is 29.9 Å². The number of alkyl halides is 2. The normalized spacial score (nSPS) is 15.0. The number of carbonyl (C=O) groups excluding carboxylic acids is 1. The molecule has 0 unspecified atom stereocenters. The summed E-state index contributed by atoms with van der Waals surface area (Å²) in [6, 6.07) is 6.52. The van der Waals surface area contributed by atoms with Gasteiger partial charge in [0, 0.05) is 6.04 Å². The van der Waals surface area contributed by atoms with Crippen molar-refractivity contribution < 1.29 is 32.1 Å². The van der Waals surface area contributed by atoms with Gasteiger partial charge in [-0.25, -0.2) is 20.0 Å². The molecular formula is C22H30F2N7O5P. The minimum Gasteiger partial charge on any atom is -0.431 e. The van der Waals surface area contributed by atoms with Crippen molar-refractivity contribution >= 4 is 30.4 Å². The van der Waals surface area contributed by atoms with E-state index in [1.165, 1.54) is 12.7 Å². The van der Waals surface area contributed by atoms with Gasteiger partial charge in [0.05, 0.1) is 25.6 Å². The first-order valence-electron chi connectivity index (χ1n) is 11.4. The molecule has 2 aromatic heterocycles. The second-order valence-corrected chi connectivity index (χ2v) is 10.5. The molecule has 0 radical (unpaired) electrons. The van der Waals surface area contributed by atoms with Crippen LogP contribution >= 0.6 is 7.52 Å². The monoisotopic (exact) mass is 541 g/mol. The Morgan fingerprint density at radius 3 is 2.54 bits per heavy atom. The van der Waals surface area contributed by atoms with Crippen molar-refractivity contribution in [2.24, 2.45) is 0 Å². The summed E-state index contributed by atoms with van der Waals surface area (Å²) in [6.45, 7) is 1.54. The summed E-state index contributed by atoms with van der Waals surface area (Å²) in [4.78, 5) is 24.9. The number of fused-ring (bicyclic) bond motifs is 1. The maximum absolute atomic E-state index is 13.9. The van der Waals surface area contributed by atoms with Crippen LogP contribution in [0.2, 0.25) is 0 Å². The number of nitrogens with two attached hydrogens (primary N) is 1. The average Bonchev–Trinajstić information content (AvgIpc) is 3.24. The lowest BCUT2D eigenvalue weighted by Crippen LogP contribution is -2.49. The van der Waals surface area contributed by atoms with Gasteiger partial charge < -0.3 is 29.6 Å². The Hall–Kier alpha value is -3.19. The van der Waals surface area contributed by atoms with Crippen LogP contribution < -0.4 is 20.7 Å². The SMILES string of the molecule is CC(C)NC(=O)[C@H](COC(F)F)N[P@](=O)(CO[C@H](C)Cn1cnc2c(N)ncnc21)Oc1ccccc1. The van der Waals surface area contributed by atoms with Crippen LogP contribution in [0.1, 0.15) is 20.8 Å². The third kappa shape index (κ3) is 8.42.